The average molecular weight is 477 g/mol. The second-order valence-corrected chi connectivity index (χ2v) is 8.88. The topological polar surface area (TPSA) is 97.2 Å². The molecule has 9 nitrogen and oxygen atoms in total. The smallest absolute Gasteiger partial charge is 0.276 e. The number of benzene rings is 2. The van der Waals surface area contributed by atoms with E-state index in [1.807, 2.05) is 9.47 Å². The number of rotatable bonds is 5. The van der Waals surface area contributed by atoms with Crippen molar-refractivity contribution in [2.45, 2.75) is 18.9 Å². The summed E-state index contributed by atoms with van der Waals surface area (Å²) in [7, 11) is 0. The van der Waals surface area contributed by atoms with Crippen LogP contribution in [-0.4, -0.2) is 49.7 Å². The van der Waals surface area contributed by atoms with E-state index in [2.05, 4.69) is 15.8 Å². The molecule has 3 aromatic rings. The van der Waals surface area contributed by atoms with Crippen LogP contribution in [0.15, 0.2) is 46.4 Å². The largest absolute Gasteiger partial charge is 0.454 e. The Morgan fingerprint density at radius 1 is 1.14 bits per heavy atom. The normalized spacial score (nSPS) is 17.3. The minimum absolute atomic E-state index is 0.0680. The second-order valence-electron chi connectivity index (χ2n) is 8.88. The number of aromatic nitrogens is 1. The highest BCUT2D eigenvalue weighted by Gasteiger charge is 2.28. The lowest BCUT2D eigenvalue weighted by Crippen LogP contribution is -2.43. The molecule has 2 N–H and O–H groups in total. The third kappa shape index (κ3) is 4.10. The van der Waals surface area contributed by atoms with Crippen molar-refractivity contribution in [1.29, 1.82) is 0 Å². The van der Waals surface area contributed by atoms with Crippen molar-refractivity contribution >= 4 is 28.7 Å². The number of hydrogen-bond donors (Lipinski definition) is 2. The van der Waals surface area contributed by atoms with E-state index in [9.17, 15) is 9.59 Å². The molecular formula is C25H24FN5O4. The van der Waals surface area contributed by atoms with Crippen LogP contribution in [0.4, 0.5) is 10.1 Å². The summed E-state index contributed by atoms with van der Waals surface area (Å²) in [6.45, 7) is 3.10. The van der Waals surface area contributed by atoms with Gasteiger partial charge < -0.3 is 24.3 Å². The van der Waals surface area contributed by atoms with Crippen LogP contribution in [0.5, 0.6) is 11.5 Å². The quantitative estimate of drug-likeness (QED) is 0.433. The van der Waals surface area contributed by atoms with Crippen molar-refractivity contribution in [3.63, 3.8) is 0 Å². The van der Waals surface area contributed by atoms with Gasteiger partial charge in [0.25, 0.3) is 5.91 Å². The van der Waals surface area contributed by atoms with Crippen LogP contribution in [-0.2, 0) is 0 Å². The third-order valence-electron chi connectivity index (χ3n) is 6.52. The summed E-state index contributed by atoms with van der Waals surface area (Å²) in [6, 6.07) is 8.47. The van der Waals surface area contributed by atoms with Crippen molar-refractivity contribution in [2.75, 3.05) is 37.9 Å². The first-order chi connectivity index (χ1) is 17.1. The third-order valence-corrected chi connectivity index (χ3v) is 6.52. The predicted octanol–water partition coefficient (Wildman–Crippen LogP) is 2.38. The molecule has 2 aromatic carbocycles. The summed E-state index contributed by atoms with van der Waals surface area (Å²) >= 11 is 0. The summed E-state index contributed by atoms with van der Waals surface area (Å²) in [5.41, 5.74) is 3.67. The first-order valence-corrected chi connectivity index (χ1v) is 11.7. The second kappa shape index (κ2) is 8.70. The van der Waals surface area contributed by atoms with E-state index >= 15 is 4.39 Å². The number of hydrazone groups is 1. The molecule has 35 heavy (non-hydrogen) atoms. The van der Waals surface area contributed by atoms with Crippen molar-refractivity contribution in [3.05, 3.63) is 63.7 Å². The maximum atomic E-state index is 15.1. The number of anilines is 1. The molecule has 1 saturated heterocycles. The Morgan fingerprint density at radius 2 is 1.94 bits per heavy atom. The molecule has 0 radical (unpaired) electrons. The van der Waals surface area contributed by atoms with Crippen molar-refractivity contribution in [2.24, 2.45) is 5.10 Å². The van der Waals surface area contributed by atoms with Gasteiger partial charge in [-0.15, -0.1) is 0 Å². The molecule has 1 aromatic heterocycles. The standard InChI is InChI=1S/C25H24FN5O4/c26-19-10-17-20(11-21(19)30-7-5-27-6-8-30)31(16-2-3-16)13-18(24(17)32)25(33)29-28-12-15-1-4-22-23(9-15)35-14-34-22/h1,4,9-13,16,27H,2-3,5-8,14H2,(H,29,33)/b28-12+. The van der Waals surface area contributed by atoms with Crippen molar-refractivity contribution < 1.29 is 18.7 Å². The number of carbonyl (C=O) groups excluding carboxylic acids is 1. The number of nitrogens with zero attached hydrogens (tertiary/aromatic N) is 3. The van der Waals surface area contributed by atoms with Gasteiger partial charge in [-0.1, -0.05) is 0 Å². The van der Waals surface area contributed by atoms with Gasteiger partial charge >= 0.3 is 0 Å². The van der Waals surface area contributed by atoms with E-state index in [0.717, 1.165) is 25.9 Å². The van der Waals surface area contributed by atoms with Gasteiger partial charge in [-0.2, -0.15) is 5.10 Å². The molecule has 2 aliphatic heterocycles. The number of fused-ring (bicyclic) bond motifs is 2. The number of hydrogen-bond acceptors (Lipinski definition) is 7. The summed E-state index contributed by atoms with van der Waals surface area (Å²) in [4.78, 5) is 28.1. The molecule has 0 spiro atoms. The van der Waals surface area contributed by atoms with E-state index in [1.165, 1.54) is 12.3 Å². The molecule has 3 heterocycles. The Morgan fingerprint density at radius 3 is 2.74 bits per heavy atom. The predicted molar refractivity (Wildman–Crippen MR) is 129 cm³/mol. The molecule has 1 aliphatic carbocycles. The fraction of sp³-hybridized carbons (Fsp3) is 0.320. The number of amides is 1. The van der Waals surface area contributed by atoms with Gasteiger partial charge in [0.2, 0.25) is 12.2 Å². The van der Waals surface area contributed by atoms with Crippen LogP contribution >= 0.6 is 0 Å². The van der Waals surface area contributed by atoms with Gasteiger partial charge in [0.05, 0.1) is 17.4 Å². The van der Waals surface area contributed by atoms with Crippen LogP contribution < -0.4 is 30.5 Å². The molecule has 180 valence electrons. The molecule has 1 saturated carbocycles. The SMILES string of the molecule is O=C(N/N=C/c1ccc2c(c1)OCO2)c1cn(C2CC2)c2cc(N3CCNCC3)c(F)cc2c1=O. The van der Waals surface area contributed by atoms with E-state index in [1.54, 1.807) is 30.5 Å². The van der Waals surface area contributed by atoms with Crippen LogP contribution in [0, 0.1) is 5.82 Å². The number of piperazine rings is 1. The summed E-state index contributed by atoms with van der Waals surface area (Å²) in [5, 5.41) is 7.45. The van der Waals surface area contributed by atoms with Crippen LogP contribution in [0.2, 0.25) is 0 Å². The molecule has 2 fully saturated rings. The highest BCUT2D eigenvalue weighted by atomic mass is 19.1. The van der Waals surface area contributed by atoms with Crippen LogP contribution in [0.1, 0.15) is 34.8 Å². The molecule has 0 bridgehead atoms. The molecule has 1 amide bonds. The van der Waals surface area contributed by atoms with E-state index < -0.39 is 17.2 Å². The van der Waals surface area contributed by atoms with Gasteiger partial charge in [0, 0.05) is 43.8 Å². The van der Waals surface area contributed by atoms with Gasteiger partial charge in [-0.25, -0.2) is 9.82 Å². The average Bonchev–Trinajstić information content (AvgIpc) is 3.61. The maximum Gasteiger partial charge on any atom is 0.276 e. The first-order valence-electron chi connectivity index (χ1n) is 11.7. The highest BCUT2D eigenvalue weighted by molar-refractivity contribution is 5.98. The zero-order valence-electron chi connectivity index (χ0n) is 18.9. The number of nitrogens with one attached hydrogen (secondary N) is 2. The summed E-state index contributed by atoms with van der Waals surface area (Å²) < 4.78 is 27.6. The van der Waals surface area contributed by atoms with Crippen LogP contribution in [0.3, 0.4) is 0 Å². The number of pyridine rings is 1. The minimum Gasteiger partial charge on any atom is -0.454 e. The van der Waals surface area contributed by atoms with Crippen molar-refractivity contribution in [1.82, 2.24) is 15.3 Å². The minimum atomic E-state index is -0.644. The number of carbonyl (C=O) groups is 1. The lowest BCUT2D eigenvalue weighted by molar-refractivity contribution is 0.0953. The summed E-state index contributed by atoms with van der Waals surface area (Å²) in [5.74, 6) is 0.145. The lowest BCUT2D eigenvalue weighted by atomic mass is 10.1. The fourth-order valence-corrected chi connectivity index (χ4v) is 4.54. The van der Waals surface area contributed by atoms with Crippen molar-refractivity contribution in [3.8, 4) is 11.5 Å². The Kier molecular flexibility index (Phi) is 5.37. The Hall–Kier alpha value is -3.92. The Bertz CT molecular complexity index is 1410. The van der Waals surface area contributed by atoms with E-state index in [-0.39, 0.29) is 23.8 Å². The van der Waals surface area contributed by atoms with Gasteiger partial charge in [-0.05, 0) is 48.7 Å². The zero-order valence-corrected chi connectivity index (χ0v) is 18.9. The Labute approximate surface area is 200 Å². The summed E-state index contributed by atoms with van der Waals surface area (Å²) in [6.07, 6.45) is 4.93. The van der Waals surface area contributed by atoms with E-state index in [4.69, 9.17) is 9.47 Å². The molecular weight excluding hydrogens is 453 g/mol. The first kappa shape index (κ1) is 21.6. The number of ether oxygens (including phenoxy) is 2. The Balaban J connectivity index is 1.31. The number of halogens is 1. The zero-order chi connectivity index (χ0) is 23.9. The maximum absolute atomic E-state index is 15.1. The van der Waals surface area contributed by atoms with E-state index in [0.29, 0.717) is 41.4 Å². The molecule has 0 atom stereocenters. The molecule has 10 heteroatoms. The molecule has 0 unspecified atom stereocenters. The molecule has 3 aliphatic rings. The van der Waals surface area contributed by atoms with Gasteiger partial charge in [-0.3, -0.25) is 9.59 Å². The lowest BCUT2D eigenvalue weighted by Gasteiger charge is -2.30. The van der Waals surface area contributed by atoms with Gasteiger partial charge in [0.1, 0.15) is 11.4 Å². The van der Waals surface area contributed by atoms with Gasteiger partial charge in [0.15, 0.2) is 11.5 Å². The fourth-order valence-electron chi connectivity index (χ4n) is 4.54. The van der Waals surface area contributed by atoms with Crippen LogP contribution in [0.25, 0.3) is 10.9 Å². The highest BCUT2D eigenvalue weighted by Crippen LogP contribution is 2.38. The molecule has 6 rings (SSSR count). The monoisotopic (exact) mass is 477 g/mol.